The smallest absolute Gasteiger partial charge is 0.436 e. The molecular weight excluding hydrogens is 485 g/mol. The molecule has 2 aromatic heterocycles. The minimum absolute atomic E-state index is 0.0220. The van der Waals surface area contributed by atoms with Crippen LogP contribution in [0.15, 0.2) is 38.2 Å². The molecule has 0 fully saturated rings. The molecule has 0 bridgehead atoms. The maximum Gasteiger partial charge on any atom is 0.436 e. The highest BCUT2D eigenvalue weighted by Gasteiger charge is 2.40. The van der Waals surface area contributed by atoms with Crippen LogP contribution in [-0.2, 0) is 27.4 Å². The summed E-state index contributed by atoms with van der Waals surface area (Å²) in [6, 6.07) is 5.51. The molecule has 2 heterocycles. The van der Waals surface area contributed by atoms with E-state index in [0.717, 1.165) is 6.26 Å². The standard InChI is InChI=1S/C15H10BrF3N4O5S/c1-29(26,27)8-4-2-3-7(5-8)14-20-13(22-28-14)11-10(16)12(15(17,18)19)21-23(11)6-9(24)25/h2-5H,6H2,1H3,(H,24,25). The Labute approximate surface area is 169 Å². The first-order chi connectivity index (χ1) is 13.4. The predicted molar refractivity (Wildman–Crippen MR) is 94.4 cm³/mol. The number of alkyl halides is 3. The second-order valence-corrected chi connectivity index (χ2v) is 8.59. The summed E-state index contributed by atoms with van der Waals surface area (Å²) < 4.78 is 67.9. The average Bonchev–Trinajstić information content (AvgIpc) is 3.18. The molecule has 3 aromatic rings. The summed E-state index contributed by atoms with van der Waals surface area (Å²) in [7, 11) is -3.52. The second kappa shape index (κ2) is 7.26. The van der Waals surface area contributed by atoms with Crippen LogP contribution < -0.4 is 0 Å². The number of sulfone groups is 1. The molecule has 0 amide bonds. The quantitative estimate of drug-likeness (QED) is 0.573. The fourth-order valence-corrected chi connectivity index (χ4v) is 3.73. The van der Waals surface area contributed by atoms with E-state index < -0.39 is 38.7 Å². The van der Waals surface area contributed by atoms with Crippen LogP contribution in [0.5, 0.6) is 0 Å². The molecule has 1 N–H and O–H groups in total. The number of halogens is 4. The highest BCUT2D eigenvalue weighted by atomic mass is 79.9. The molecule has 0 aliphatic carbocycles. The number of aliphatic carboxylic acids is 1. The molecule has 29 heavy (non-hydrogen) atoms. The van der Waals surface area contributed by atoms with Crippen molar-refractivity contribution < 1.29 is 36.0 Å². The number of carbonyl (C=O) groups is 1. The van der Waals surface area contributed by atoms with Crippen molar-refractivity contribution in [3.8, 4) is 23.0 Å². The van der Waals surface area contributed by atoms with Gasteiger partial charge in [0, 0.05) is 11.8 Å². The third-order valence-electron chi connectivity index (χ3n) is 3.60. The van der Waals surface area contributed by atoms with E-state index in [1.54, 1.807) is 0 Å². The molecule has 0 radical (unpaired) electrons. The second-order valence-electron chi connectivity index (χ2n) is 5.78. The van der Waals surface area contributed by atoms with Crippen molar-refractivity contribution in [2.75, 3.05) is 6.26 Å². The van der Waals surface area contributed by atoms with Crippen LogP contribution in [0.4, 0.5) is 13.2 Å². The average molecular weight is 495 g/mol. The van der Waals surface area contributed by atoms with Gasteiger partial charge in [-0.15, -0.1) is 0 Å². The Bertz CT molecular complexity index is 1200. The Hall–Kier alpha value is -2.74. The van der Waals surface area contributed by atoms with Crippen molar-refractivity contribution in [1.29, 1.82) is 0 Å². The lowest BCUT2D eigenvalue weighted by Crippen LogP contribution is -2.13. The number of nitrogens with zero attached hydrogens (tertiary/aromatic N) is 4. The van der Waals surface area contributed by atoms with E-state index in [9.17, 15) is 26.4 Å². The van der Waals surface area contributed by atoms with Gasteiger partial charge in [0.15, 0.2) is 15.5 Å². The molecule has 0 aliphatic rings. The van der Waals surface area contributed by atoms with Crippen LogP contribution >= 0.6 is 15.9 Å². The van der Waals surface area contributed by atoms with E-state index in [0.29, 0.717) is 4.68 Å². The summed E-state index contributed by atoms with van der Waals surface area (Å²) in [4.78, 5) is 15.0. The van der Waals surface area contributed by atoms with Gasteiger partial charge >= 0.3 is 12.1 Å². The Morgan fingerprint density at radius 1 is 1.34 bits per heavy atom. The zero-order chi connectivity index (χ0) is 21.6. The molecule has 0 spiro atoms. The van der Waals surface area contributed by atoms with Gasteiger partial charge in [-0.05, 0) is 34.1 Å². The minimum atomic E-state index is -4.85. The molecule has 1 aromatic carbocycles. The van der Waals surface area contributed by atoms with E-state index in [1.165, 1.54) is 24.3 Å². The molecule has 0 atom stereocenters. The van der Waals surface area contributed by atoms with E-state index in [4.69, 9.17) is 9.63 Å². The number of hydrogen-bond donors (Lipinski definition) is 1. The SMILES string of the molecule is CS(=O)(=O)c1cccc(-c2nc(-c3c(Br)c(C(F)(F)F)nn3CC(=O)O)no2)c1. The van der Waals surface area contributed by atoms with Crippen LogP contribution in [0, 0.1) is 0 Å². The maximum absolute atomic E-state index is 13.1. The summed E-state index contributed by atoms with van der Waals surface area (Å²) in [5.41, 5.74) is -1.49. The lowest BCUT2D eigenvalue weighted by molar-refractivity contribution is -0.143. The largest absolute Gasteiger partial charge is 0.480 e. The Kier molecular flexibility index (Phi) is 5.25. The fraction of sp³-hybridized carbons (Fsp3) is 0.200. The number of hydrogen-bond acceptors (Lipinski definition) is 7. The Morgan fingerprint density at radius 2 is 2.03 bits per heavy atom. The number of carboxylic acid groups (broad SMARTS) is 1. The van der Waals surface area contributed by atoms with Gasteiger partial charge in [-0.1, -0.05) is 11.2 Å². The van der Waals surface area contributed by atoms with Gasteiger partial charge in [0.2, 0.25) is 5.82 Å². The summed E-state index contributed by atoms with van der Waals surface area (Å²) in [6.07, 6.45) is -3.85. The molecule has 9 nitrogen and oxygen atoms in total. The molecule has 0 aliphatic heterocycles. The van der Waals surface area contributed by atoms with Crippen LogP contribution in [0.25, 0.3) is 23.0 Å². The zero-order valence-electron chi connectivity index (χ0n) is 14.3. The van der Waals surface area contributed by atoms with Crippen molar-refractivity contribution in [2.45, 2.75) is 17.6 Å². The van der Waals surface area contributed by atoms with Gasteiger partial charge in [0.25, 0.3) is 5.89 Å². The molecular formula is C15H10BrF3N4O5S. The van der Waals surface area contributed by atoms with Crippen molar-refractivity contribution in [3.05, 3.63) is 34.4 Å². The number of benzene rings is 1. The normalized spacial score (nSPS) is 12.3. The van der Waals surface area contributed by atoms with Crippen molar-refractivity contribution in [2.24, 2.45) is 0 Å². The first-order valence-electron chi connectivity index (χ1n) is 7.58. The van der Waals surface area contributed by atoms with E-state index >= 15 is 0 Å². The zero-order valence-corrected chi connectivity index (χ0v) is 16.7. The maximum atomic E-state index is 13.1. The Balaban J connectivity index is 2.11. The van der Waals surface area contributed by atoms with Crippen molar-refractivity contribution >= 4 is 31.7 Å². The number of aromatic nitrogens is 4. The third kappa shape index (κ3) is 4.32. The molecule has 3 rings (SSSR count). The molecule has 0 saturated carbocycles. The van der Waals surface area contributed by atoms with Gasteiger partial charge in [0.1, 0.15) is 12.2 Å². The lowest BCUT2D eigenvalue weighted by Gasteiger charge is -2.01. The van der Waals surface area contributed by atoms with Crippen molar-refractivity contribution in [3.63, 3.8) is 0 Å². The molecule has 14 heteroatoms. The first-order valence-corrected chi connectivity index (χ1v) is 10.3. The number of rotatable bonds is 5. The van der Waals surface area contributed by atoms with Gasteiger partial charge in [-0.25, -0.2) is 13.1 Å². The van der Waals surface area contributed by atoms with Gasteiger partial charge in [-0.2, -0.15) is 23.3 Å². The van der Waals surface area contributed by atoms with Crippen LogP contribution in [0.1, 0.15) is 5.69 Å². The molecule has 0 saturated heterocycles. The van der Waals surface area contributed by atoms with Crippen LogP contribution in [-0.4, -0.2) is 45.7 Å². The Morgan fingerprint density at radius 3 is 2.62 bits per heavy atom. The summed E-state index contributed by atoms with van der Waals surface area (Å²) in [5, 5.41) is 15.8. The first kappa shape index (κ1) is 21.0. The van der Waals surface area contributed by atoms with E-state index in [-0.39, 0.29) is 27.9 Å². The van der Waals surface area contributed by atoms with Gasteiger partial charge in [0.05, 0.1) is 9.37 Å². The summed E-state index contributed by atoms with van der Waals surface area (Å²) in [5.74, 6) is -1.96. The third-order valence-corrected chi connectivity index (χ3v) is 5.46. The van der Waals surface area contributed by atoms with Gasteiger partial charge < -0.3 is 9.63 Å². The molecule has 0 unspecified atom stereocenters. The lowest BCUT2D eigenvalue weighted by atomic mass is 10.2. The minimum Gasteiger partial charge on any atom is -0.480 e. The number of carboxylic acids is 1. The van der Waals surface area contributed by atoms with Crippen LogP contribution in [0.2, 0.25) is 0 Å². The highest BCUT2D eigenvalue weighted by molar-refractivity contribution is 9.10. The van der Waals surface area contributed by atoms with Gasteiger partial charge in [-0.3, -0.25) is 4.79 Å². The van der Waals surface area contributed by atoms with E-state index in [2.05, 4.69) is 31.2 Å². The fourth-order valence-electron chi connectivity index (χ4n) is 2.37. The van der Waals surface area contributed by atoms with Crippen molar-refractivity contribution in [1.82, 2.24) is 19.9 Å². The topological polar surface area (TPSA) is 128 Å². The summed E-state index contributed by atoms with van der Waals surface area (Å²) in [6.45, 7) is -0.878. The van der Waals surface area contributed by atoms with E-state index in [1.807, 2.05) is 0 Å². The van der Waals surface area contributed by atoms with Crippen LogP contribution in [0.3, 0.4) is 0 Å². The highest BCUT2D eigenvalue weighted by Crippen LogP contribution is 2.39. The monoisotopic (exact) mass is 494 g/mol. The summed E-state index contributed by atoms with van der Waals surface area (Å²) >= 11 is 2.77. The molecule has 154 valence electrons. The predicted octanol–water partition coefficient (Wildman–Crippen LogP) is 2.87.